The summed E-state index contributed by atoms with van der Waals surface area (Å²) in [5, 5.41) is 0. The normalized spacial score (nSPS) is 12.5. The molecule has 0 aliphatic rings. The molecule has 0 spiro atoms. The number of benzene rings is 1. The van der Waals surface area contributed by atoms with Gasteiger partial charge >= 0.3 is 0 Å². The van der Waals surface area contributed by atoms with Gasteiger partial charge in [0.1, 0.15) is 0 Å². The van der Waals surface area contributed by atoms with Crippen molar-refractivity contribution in [3.63, 3.8) is 0 Å². The van der Waals surface area contributed by atoms with Gasteiger partial charge in [0.15, 0.2) is 0 Å². The van der Waals surface area contributed by atoms with Crippen molar-refractivity contribution >= 4 is 0 Å². The van der Waals surface area contributed by atoms with Crippen molar-refractivity contribution in [3.05, 3.63) is 34.9 Å². The maximum absolute atomic E-state index is 2.40. The largest absolute Gasteiger partial charge is 0.304 e. The van der Waals surface area contributed by atoms with E-state index in [2.05, 4.69) is 71.7 Å². The van der Waals surface area contributed by atoms with Crippen molar-refractivity contribution in [1.82, 2.24) is 4.90 Å². The van der Waals surface area contributed by atoms with Gasteiger partial charge in [0.05, 0.1) is 0 Å². The lowest BCUT2D eigenvalue weighted by atomic mass is 9.85. The highest BCUT2D eigenvalue weighted by molar-refractivity contribution is 5.34. The summed E-state index contributed by atoms with van der Waals surface area (Å²) in [6.07, 6.45) is 1.14. The van der Waals surface area contributed by atoms with E-state index in [1.165, 1.54) is 16.7 Å². The zero-order chi connectivity index (χ0) is 13.9. The Kier molecular flexibility index (Phi) is 4.98. The molecule has 0 saturated heterocycles. The highest BCUT2D eigenvalue weighted by atomic mass is 15.1. The number of rotatable bonds is 4. The highest BCUT2D eigenvalue weighted by Gasteiger charge is 2.14. The Bertz CT molecular complexity index is 385. The van der Waals surface area contributed by atoms with Crippen LogP contribution in [0.1, 0.15) is 51.3 Å². The highest BCUT2D eigenvalue weighted by Crippen LogP contribution is 2.24. The molecular formula is C17H29N. The van der Waals surface area contributed by atoms with E-state index in [9.17, 15) is 0 Å². The van der Waals surface area contributed by atoms with Gasteiger partial charge in [0.2, 0.25) is 0 Å². The minimum atomic E-state index is 0.248. The zero-order valence-corrected chi connectivity index (χ0v) is 13.2. The molecule has 0 fully saturated rings. The molecule has 0 bridgehead atoms. The summed E-state index contributed by atoms with van der Waals surface area (Å²) in [5.41, 5.74) is 4.59. The van der Waals surface area contributed by atoms with Gasteiger partial charge in [-0.25, -0.2) is 0 Å². The molecule has 1 aromatic carbocycles. The Morgan fingerprint density at radius 1 is 1.17 bits per heavy atom. The summed E-state index contributed by atoms with van der Waals surface area (Å²) in [5.74, 6) is 0. The fraction of sp³-hybridized carbons (Fsp3) is 0.647. The molecule has 1 aromatic rings. The maximum Gasteiger partial charge on any atom is 0.00356 e. The Balaban J connectivity index is 2.75. The lowest BCUT2D eigenvalue weighted by molar-refractivity contribution is 0.277. The fourth-order valence-electron chi connectivity index (χ4n) is 2.00. The Morgan fingerprint density at radius 3 is 2.22 bits per heavy atom. The first kappa shape index (κ1) is 15.2. The standard InChI is InChI=1S/C17H29N/c1-13(2)18(7)11-10-15-8-9-16(12-14(15)3)17(4,5)6/h8-9,12-13H,10-11H2,1-7H3. The van der Waals surface area contributed by atoms with Crippen molar-refractivity contribution in [2.75, 3.05) is 13.6 Å². The van der Waals surface area contributed by atoms with Crippen LogP contribution in [0, 0.1) is 6.92 Å². The maximum atomic E-state index is 2.40. The van der Waals surface area contributed by atoms with Gasteiger partial charge in [-0.3, -0.25) is 0 Å². The van der Waals surface area contributed by atoms with Crippen molar-refractivity contribution < 1.29 is 0 Å². The number of aryl methyl sites for hydroxylation is 1. The molecule has 1 nitrogen and oxygen atoms in total. The van der Waals surface area contributed by atoms with Gasteiger partial charge in [-0.15, -0.1) is 0 Å². The number of hydrogen-bond acceptors (Lipinski definition) is 1. The first-order chi connectivity index (χ1) is 8.21. The monoisotopic (exact) mass is 247 g/mol. The summed E-state index contributed by atoms with van der Waals surface area (Å²) in [7, 11) is 2.20. The van der Waals surface area contributed by atoms with Crippen LogP contribution in [0.25, 0.3) is 0 Å². The van der Waals surface area contributed by atoms with Crippen LogP contribution in [0.15, 0.2) is 18.2 Å². The predicted molar refractivity (Wildman–Crippen MR) is 81.3 cm³/mol. The van der Waals surface area contributed by atoms with Crippen molar-refractivity contribution in [2.24, 2.45) is 0 Å². The van der Waals surface area contributed by atoms with Crippen LogP contribution in [-0.4, -0.2) is 24.5 Å². The molecular weight excluding hydrogens is 218 g/mol. The van der Waals surface area contributed by atoms with Gasteiger partial charge in [0.25, 0.3) is 0 Å². The van der Waals surface area contributed by atoms with Crippen LogP contribution >= 0.6 is 0 Å². The quantitative estimate of drug-likeness (QED) is 0.771. The van der Waals surface area contributed by atoms with E-state index in [-0.39, 0.29) is 5.41 Å². The summed E-state index contributed by atoms with van der Waals surface area (Å²) in [4.78, 5) is 2.40. The summed E-state index contributed by atoms with van der Waals surface area (Å²) >= 11 is 0. The van der Waals surface area contributed by atoms with Gasteiger partial charge in [-0.2, -0.15) is 0 Å². The SMILES string of the molecule is Cc1cc(C(C)(C)C)ccc1CCN(C)C(C)C. The van der Waals surface area contributed by atoms with Gasteiger partial charge in [0, 0.05) is 12.6 Å². The summed E-state index contributed by atoms with van der Waals surface area (Å²) in [6, 6.07) is 7.58. The minimum Gasteiger partial charge on any atom is -0.304 e. The Labute approximate surface area is 113 Å². The minimum absolute atomic E-state index is 0.248. The molecule has 0 amide bonds. The van der Waals surface area contributed by atoms with E-state index in [4.69, 9.17) is 0 Å². The fourth-order valence-corrected chi connectivity index (χ4v) is 2.00. The smallest absolute Gasteiger partial charge is 0.00356 e. The van der Waals surface area contributed by atoms with Crippen LogP contribution in [-0.2, 0) is 11.8 Å². The predicted octanol–water partition coefficient (Wildman–Crippen LogP) is 4.18. The Morgan fingerprint density at radius 2 is 1.78 bits per heavy atom. The van der Waals surface area contributed by atoms with Crippen LogP contribution in [0.3, 0.4) is 0 Å². The molecule has 1 heteroatoms. The number of nitrogens with zero attached hydrogens (tertiary/aromatic N) is 1. The van der Waals surface area contributed by atoms with Gasteiger partial charge < -0.3 is 4.90 Å². The second-order valence-corrected chi connectivity index (χ2v) is 6.72. The average molecular weight is 247 g/mol. The molecule has 0 radical (unpaired) electrons. The van der Waals surface area contributed by atoms with E-state index >= 15 is 0 Å². The average Bonchev–Trinajstić information content (AvgIpc) is 2.25. The van der Waals surface area contributed by atoms with Crippen LogP contribution < -0.4 is 0 Å². The molecule has 0 atom stereocenters. The first-order valence-electron chi connectivity index (χ1n) is 7.02. The third-order valence-corrected chi connectivity index (χ3v) is 3.82. The topological polar surface area (TPSA) is 3.24 Å². The van der Waals surface area contributed by atoms with E-state index in [0.29, 0.717) is 6.04 Å². The second kappa shape index (κ2) is 5.88. The molecule has 0 aromatic heterocycles. The van der Waals surface area contributed by atoms with E-state index in [1.807, 2.05) is 0 Å². The Hall–Kier alpha value is -0.820. The molecule has 0 aliphatic carbocycles. The van der Waals surface area contributed by atoms with Crippen molar-refractivity contribution in [1.29, 1.82) is 0 Å². The number of likely N-dealkylation sites (N-methyl/N-ethyl adjacent to an activating group) is 1. The number of hydrogen-bond donors (Lipinski definition) is 0. The molecule has 0 N–H and O–H groups in total. The van der Waals surface area contributed by atoms with Crippen LogP contribution in [0.4, 0.5) is 0 Å². The van der Waals surface area contributed by atoms with Gasteiger partial charge in [-0.05, 0) is 56.3 Å². The lowest BCUT2D eigenvalue weighted by Gasteiger charge is -2.23. The summed E-state index contributed by atoms with van der Waals surface area (Å²) in [6.45, 7) is 14.7. The van der Waals surface area contributed by atoms with E-state index in [0.717, 1.165) is 13.0 Å². The lowest BCUT2D eigenvalue weighted by Crippen LogP contribution is -2.28. The third kappa shape index (κ3) is 4.13. The van der Waals surface area contributed by atoms with E-state index < -0.39 is 0 Å². The van der Waals surface area contributed by atoms with Crippen molar-refractivity contribution in [2.45, 2.75) is 59.4 Å². The molecule has 0 saturated carbocycles. The molecule has 102 valence electrons. The third-order valence-electron chi connectivity index (χ3n) is 3.82. The van der Waals surface area contributed by atoms with Crippen LogP contribution in [0.2, 0.25) is 0 Å². The van der Waals surface area contributed by atoms with E-state index in [1.54, 1.807) is 0 Å². The molecule has 0 unspecified atom stereocenters. The molecule has 0 aliphatic heterocycles. The molecule has 0 heterocycles. The summed E-state index contributed by atoms with van der Waals surface area (Å²) < 4.78 is 0. The first-order valence-corrected chi connectivity index (χ1v) is 7.02. The van der Waals surface area contributed by atoms with Crippen LogP contribution in [0.5, 0.6) is 0 Å². The van der Waals surface area contributed by atoms with Crippen molar-refractivity contribution in [3.8, 4) is 0 Å². The second-order valence-electron chi connectivity index (χ2n) is 6.72. The van der Waals surface area contributed by atoms with Gasteiger partial charge in [-0.1, -0.05) is 39.0 Å². The molecule has 1 rings (SSSR count). The molecule has 18 heavy (non-hydrogen) atoms. The zero-order valence-electron chi connectivity index (χ0n) is 13.2.